The predicted octanol–water partition coefficient (Wildman–Crippen LogP) is 1.87. The van der Waals surface area contributed by atoms with Gasteiger partial charge < -0.3 is 10.0 Å². The Morgan fingerprint density at radius 2 is 2.21 bits per heavy atom. The first-order chi connectivity index (χ1) is 8.80. The maximum Gasteiger partial charge on any atom is 0.433 e. The smallest absolute Gasteiger partial charge is 0.433 e. The van der Waals surface area contributed by atoms with Crippen molar-refractivity contribution in [1.82, 2.24) is 14.7 Å². The summed E-state index contributed by atoms with van der Waals surface area (Å²) in [4.78, 5) is 12.8. The Hall–Kier alpha value is -1.57. The normalized spacial score (nSPS) is 21.6. The van der Waals surface area contributed by atoms with E-state index in [-0.39, 0.29) is 0 Å². The van der Waals surface area contributed by atoms with Crippen molar-refractivity contribution in [2.45, 2.75) is 25.1 Å². The monoisotopic (exact) mass is 277 g/mol. The number of piperidine rings is 1. The van der Waals surface area contributed by atoms with Crippen molar-refractivity contribution < 1.29 is 23.1 Å². The van der Waals surface area contributed by atoms with Crippen molar-refractivity contribution in [2.24, 2.45) is 0 Å². The summed E-state index contributed by atoms with van der Waals surface area (Å²) in [5.74, 6) is -1.61. The molecule has 0 aromatic carbocycles. The number of rotatable bonds is 2. The van der Waals surface area contributed by atoms with Crippen molar-refractivity contribution in [1.29, 1.82) is 0 Å². The number of halogens is 3. The molecule has 19 heavy (non-hydrogen) atoms. The third kappa shape index (κ3) is 2.73. The number of carboxylic acid groups (broad SMARTS) is 1. The number of hydrogen-bond donors (Lipinski definition) is 1. The fourth-order valence-corrected chi connectivity index (χ4v) is 2.42. The predicted molar refractivity (Wildman–Crippen MR) is 60.0 cm³/mol. The van der Waals surface area contributed by atoms with Gasteiger partial charge in [-0.15, -0.1) is 0 Å². The fourth-order valence-electron chi connectivity index (χ4n) is 2.42. The van der Waals surface area contributed by atoms with E-state index in [0.29, 0.717) is 13.0 Å². The lowest BCUT2D eigenvalue weighted by Crippen LogP contribution is -2.35. The molecular weight excluding hydrogens is 263 g/mol. The van der Waals surface area contributed by atoms with Crippen LogP contribution in [-0.4, -0.2) is 45.9 Å². The van der Waals surface area contributed by atoms with Crippen LogP contribution in [0.5, 0.6) is 0 Å². The van der Waals surface area contributed by atoms with Gasteiger partial charge in [0.25, 0.3) is 0 Å². The fraction of sp³-hybridized carbons (Fsp3) is 0.636. The van der Waals surface area contributed by atoms with E-state index in [9.17, 15) is 18.0 Å². The van der Waals surface area contributed by atoms with Crippen LogP contribution in [-0.2, 0) is 6.18 Å². The molecule has 1 unspecified atom stereocenters. The lowest BCUT2D eigenvalue weighted by molar-refractivity contribution is -0.145. The average Bonchev–Trinajstić information content (AvgIpc) is 2.73. The van der Waals surface area contributed by atoms with E-state index in [1.165, 1.54) is 0 Å². The van der Waals surface area contributed by atoms with Crippen molar-refractivity contribution in [3.63, 3.8) is 0 Å². The van der Waals surface area contributed by atoms with E-state index in [1.54, 1.807) is 0 Å². The number of nitrogens with zero attached hydrogens (tertiary/aromatic N) is 3. The molecule has 0 spiro atoms. The summed E-state index contributed by atoms with van der Waals surface area (Å²) in [7, 11) is 1.82. The van der Waals surface area contributed by atoms with Crippen molar-refractivity contribution >= 4 is 5.97 Å². The molecule has 1 aromatic rings. The molecule has 1 saturated heterocycles. The highest BCUT2D eigenvalue weighted by Crippen LogP contribution is 2.35. The molecular formula is C11H14F3N3O2. The molecule has 8 heteroatoms. The third-order valence-corrected chi connectivity index (χ3v) is 3.24. The molecule has 0 radical (unpaired) electrons. The van der Waals surface area contributed by atoms with Gasteiger partial charge >= 0.3 is 12.1 Å². The third-order valence-electron chi connectivity index (χ3n) is 3.24. The zero-order chi connectivity index (χ0) is 14.2. The largest absolute Gasteiger partial charge is 0.478 e. The minimum Gasteiger partial charge on any atom is -0.478 e. The second-order valence-corrected chi connectivity index (χ2v) is 4.71. The minimum absolute atomic E-state index is 0.434. The lowest BCUT2D eigenvalue weighted by Gasteiger charge is -2.31. The van der Waals surface area contributed by atoms with Crippen molar-refractivity contribution in [2.75, 3.05) is 20.1 Å². The summed E-state index contributed by atoms with van der Waals surface area (Å²) < 4.78 is 39.9. The van der Waals surface area contributed by atoms with Crippen LogP contribution >= 0.6 is 0 Å². The standard InChI is InChI=1S/C11H14F3N3O2/c1-16-4-2-3-7(6-16)17-9(11(12,13)14)8(5-15-17)10(18)19/h5,7H,2-4,6H2,1H3,(H,18,19). The van der Waals surface area contributed by atoms with Gasteiger partial charge in [-0.2, -0.15) is 18.3 Å². The van der Waals surface area contributed by atoms with Crippen molar-refractivity contribution in [3.05, 3.63) is 17.5 Å². The summed E-state index contributed by atoms with van der Waals surface area (Å²) in [6.07, 6.45) is -2.62. The molecule has 2 heterocycles. The summed E-state index contributed by atoms with van der Waals surface area (Å²) in [6, 6.07) is -0.441. The van der Waals surface area contributed by atoms with Crippen LogP contribution in [0, 0.1) is 0 Å². The Morgan fingerprint density at radius 1 is 1.53 bits per heavy atom. The van der Waals surface area contributed by atoms with E-state index < -0.39 is 29.4 Å². The molecule has 1 aliphatic rings. The first-order valence-corrected chi connectivity index (χ1v) is 5.87. The molecule has 5 nitrogen and oxygen atoms in total. The van der Waals surface area contributed by atoms with Crippen LogP contribution in [0.25, 0.3) is 0 Å². The van der Waals surface area contributed by atoms with Gasteiger partial charge in [0.2, 0.25) is 0 Å². The second-order valence-electron chi connectivity index (χ2n) is 4.71. The molecule has 0 amide bonds. The van der Waals surface area contributed by atoms with Gasteiger partial charge in [-0.1, -0.05) is 0 Å². The average molecular weight is 277 g/mol. The van der Waals surface area contributed by atoms with Gasteiger partial charge in [0.05, 0.1) is 12.2 Å². The van der Waals surface area contributed by atoms with E-state index >= 15 is 0 Å². The highest BCUT2D eigenvalue weighted by molar-refractivity contribution is 5.88. The molecule has 1 fully saturated rings. The van der Waals surface area contributed by atoms with Gasteiger partial charge in [0, 0.05) is 6.54 Å². The number of aromatic nitrogens is 2. The minimum atomic E-state index is -4.72. The molecule has 1 atom stereocenters. The van der Waals surface area contributed by atoms with Gasteiger partial charge in [-0.25, -0.2) is 4.79 Å². The quantitative estimate of drug-likeness (QED) is 0.896. The number of aromatic carboxylic acids is 1. The Balaban J connectivity index is 2.43. The summed E-state index contributed by atoms with van der Waals surface area (Å²) >= 11 is 0. The highest BCUT2D eigenvalue weighted by atomic mass is 19.4. The van der Waals surface area contributed by atoms with E-state index in [4.69, 9.17) is 5.11 Å². The highest BCUT2D eigenvalue weighted by Gasteiger charge is 2.42. The lowest BCUT2D eigenvalue weighted by atomic mass is 10.1. The van der Waals surface area contributed by atoms with Crippen LogP contribution in [0.3, 0.4) is 0 Å². The number of likely N-dealkylation sites (tertiary alicyclic amines) is 1. The molecule has 106 valence electrons. The molecule has 1 aromatic heterocycles. The van der Waals surface area contributed by atoms with E-state index in [2.05, 4.69) is 5.10 Å². The maximum absolute atomic E-state index is 13.0. The Bertz CT molecular complexity index is 484. The summed E-state index contributed by atoms with van der Waals surface area (Å²) in [5, 5.41) is 12.5. The molecule has 1 aliphatic heterocycles. The molecule has 0 saturated carbocycles. The molecule has 0 aliphatic carbocycles. The second kappa shape index (κ2) is 4.84. The first-order valence-electron chi connectivity index (χ1n) is 5.87. The maximum atomic E-state index is 13.0. The van der Waals surface area contributed by atoms with Gasteiger partial charge in [0.15, 0.2) is 5.69 Å². The SMILES string of the molecule is CN1CCCC(n2ncc(C(=O)O)c2C(F)(F)F)C1. The van der Waals surface area contributed by atoms with Crippen LogP contribution in [0.1, 0.15) is 34.9 Å². The molecule has 2 rings (SSSR count). The Kier molecular flexibility index (Phi) is 3.53. The number of carbonyl (C=O) groups is 1. The van der Waals surface area contributed by atoms with Crippen molar-refractivity contribution in [3.8, 4) is 0 Å². The van der Waals surface area contributed by atoms with Gasteiger partial charge in [-0.3, -0.25) is 4.68 Å². The number of alkyl halides is 3. The zero-order valence-electron chi connectivity index (χ0n) is 10.3. The summed E-state index contributed by atoms with van der Waals surface area (Å²) in [6.45, 7) is 1.26. The van der Waals surface area contributed by atoms with Gasteiger partial charge in [-0.05, 0) is 26.4 Å². The number of carboxylic acids is 1. The van der Waals surface area contributed by atoms with Crippen LogP contribution in [0.2, 0.25) is 0 Å². The first kappa shape index (κ1) is 13.9. The van der Waals surface area contributed by atoms with Crippen LogP contribution in [0.15, 0.2) is 6.20 Å². The Morgan fingerprint density at radius 3 is 2.74 bits per heavy atom. The topological polar surface area (TPSA) is 58.4 Å². The van der Waals surface area contributed by atoms with Crippen LogP contribution in [0.4, 0.5) is 13.2 Å². The zero-order valence-corrected chi connectivity index (χ0v) is 10.3. The van der Waals surface area contributed by atoms with Crippen LogP contribution < -0.4 is 0 Å². The molecule has 0 bridgehead atoms. The van der Waals surface area contributed by atoms with E-state index in [0.717, 1.165) is 23.8 Å². The number of likely N-dealkylation sites (N-methyl/N-ethyl adjacent to an activating group) is 1. The summed E-state index contributed by atoms with van der Waals surface area (Å²) in [5.41, 5.74) is -1.96. The molecule has 1 N–H and O–H groups in total. The van der Waals surface area contributed by atoms with E-state index in [1.807, 2.05) is 11.9 Å². The Labute approximate surface area is 107 Å². The van der Waals surface area contributed by atoms with Gasteiger partial charge in [0.1, 0.15) is 5.56 Å². The number of hydrogen-bond acceptors (Lipinski definition) is 3.